The van der Waals surface area contributed by atoms with Crippen LogP contribution in [0.4, 0.5) is 0 Å². The van der Waals surface area contributed by atoms with Gasteiger partial charge in [-0.1, -0.05) is 0 Å². The Morgan fingerprint density at radius 3 is 2.20 bits per heavy atom. The summed E-state index contributed by atoms with van der Waals surface area (Å²) in [6.07, 6.45) is 1.43. The highest BCUT2D eigenvalue weighted by molar-refractivity contribution is 7.91. The first kappa shape index (κ1) is 14.8. The number of rotatable bonds is 7. The molecule has 0 spiro atoms. The lowest BCUT2D eigenvalue weighted by Gasteiger charge is -2.12. The minimum atomic E-state index is -3.41. The molecule has 0 saturated carbocycles. The van der Waals surface area contributed by atoms with Crippen molar-refractivity contribution in [2.45, 2.75) is 19.4 Å². The number of nitrogens with two attached hydrogens (primary N) is 1. The van der Waals surface area contributed by atoms with Crippen LogP contribution in [0.15, 0.2) is 0 Å². The standard InChI is InChI=1S/C7H18N2O4S2/c1-7(6-14(2,10)11)9-15(12,13)5-3-4-8/h7,9H,3-6,8H2,1-2H3. The molecule has 0 saturated heterocycles. The smallest absolute Gasteiger partial charge is 0.211 e. The molecule has 0 aliphatic carbocycles. The van der Waals surface area contributed by atoms with Crippen molar-refractivity contribution in [2.24, 2.45) is 5.73 Å². The second-order valence-electron chi connectivity index (χ2n) is 3.57. The Hall–Kier alpha value is -0.180. The topological polar surface area (TPSA) is 106 Å². The largest absolute Gasteiger partial charge is 0.330 e. The lowest BCUT2D eigenvalue weighted by molar-refractivity contribution is 0.562. The van der Waals surface area contributed by atoms with Crippen LogP contribution in [0.2, 0.25) is 0 Å². The lowest BCUT2D eigenvalue weighted by atomic mass is 10.4. The SMILES string of the molecule is CC(CS(C)(=O)=O)NS(=O)(=O)CCCN. The minimum absolute atomic E-state index is 0.0718. The second-order valence-corrected chi connectivity index (χ2v) is 7.63. The molecule has 1 atom stereocenters. The zero-order valence-corrected chi connectivity index (χ0v) is 10.6. The van der Waals surface area contributed by atoms with E-state index in [-0.39, 0.29) is 11.5 Å². The zero-order valence-electron chi connectivity index (χ0n) is 8.93. The second kappa shape index (κ2) is 5.78. The Balaban J connectivity index is 4.23. The Labute approximate surface area is 91.2 Å². The van der Waals surface area contributed by atoms with E-state index in [1.54, 1.807) is 0 Å². The quantitative estimate of drug-likeness (QED) is 0.589. The van der Waals surface area contributed by atoms with Crippen molar-refractivity contribution in [3.63, 3.8) is 0 Å². The maximum Gasteiger partial charge on any atom is 0.211 e. The van der Waals surface area contributed by atoms with E-state index in [9.17, 15) is 16.8 Å². The first-order valence-corrected chi connectivity index (χ1v) is 8.25. The van der Waals surface area contributed by atoms with Gasteiger partial charge in [0.25, 0.3) is 0 Å². The van der Waals surface area contributed by atoms with Crippen molar-refractivity contribution in [2.75, 3.05) is 24.3 Å². The summed E-state index contributed by atoms with van der Waals surface area (Å²) in [5.41, 5.74) is 5.18. The number of sulfonamides is 1. The van der Waals surface area contributed by atoms with Gasteiger partial charge in [-0.15, -0.1) is 0 Å². The van der Waals surface area contributed by atoms with Crippen LogP contribution < -0.4 is 10.5 Å². The van der Waals surface area contributed by atoms with Crippen LogP contribution in [0, 0.1) is 0 Å². The van der Waals surface area contributed by atoms with Crippen molar-refractivity contribution in [3.8, 4) is 0 Å². The Kier molecular flexibility index (Phi) is 5.71. The summed E-state index contributed by atoms with van der Waals surface area (Å²) in [5.74, 6) is -0.271. The van der Waals surface area contributed by atoms with Crippen LogP contribution in [0.5, 0.6) is 0 Å². The molecule has 0 radical (unpaired) electrons. The van der Waals surface area contributed by atoms with Crippen molar-refractivity contribution < 1.29 is 16.8 Å². The summed E-state index contributed by atoms with van der Waals surface area (Å²) < 4.78 is 46.7. The molecule has 0 aromatic heterocycles. The molecule has 0 heterocycles. The maximum atomic E-state index is 11.3. The first-order valence-electron chi connectivity index (χ1n) is 4.54. The molecule has 15 heavy (non-hydrogen) atoms. The third-order valence-electron chi connectivity index (χ3n) is 1.55. The molecule has 6 nitrogen and oxygen atoms in total. The van der Waals surface area contributed by atoms with Gasteiger partial charge >= 0.3 is 0 Å². The lowest BCUT2D eigenvalue weighted by Crippen LogP contribution is -2.38. The molecular weight excluding hydrogens is 240 g/mol. The molecule has 0 aromatic rings. The summed E-state index contributed by atoms with van der Waals surface area (Å²) in [6, 6.07) is -0.609. The molecule has 0 aliphatic heterocycles. The highest BCUT2D eigenvalue weighted by Crippen LogP contribution is 1.95. The van der Waals surface area contributed by atoms with E-state index in [1.807, 2.05) is 0 Å². The molecule has 0 amide bonds. The van der Waals surface area contributed by atoms with Gasteiger partial charge in [-0.2, -0.15) is 0 Å². The van der Waals surface area contributed by atoms with Crippen LogP contribution in [0.25, 0.3) is 0 Å². The van der Waals surface area contributed by atoms with E-state index < -0.39 is 25.9 Å². The van der Waals surface area contributed by atoms with Gasteiger partial charge in [0, 0.05) is 12.3 Å². The zero-order chi connectivity index (χ0) is 12.1. The molecule has 3 N–H and O–H groups in total. The highest BCUT2D eigenvalue weighted by Gasteiger charge is 2.17. The summed E-state index contributed by atoms with van der Waals surface area (Å²) in [7, 11) is -6.58. The van der Waals surface area contributed by atoms with Crippen LogP contribution >= 0.6 is 0 Å². The summed E-state index contributed by atoms with van der Waals surface area (Å²) in [5, 5.41) is 0. The number of sulfone groups is 1. The van der Waals surface area contributed by atoms with Crippen LogP contribution in [0.3, 0.4) is 0 Å². The molecule has 0 aliphatic rings. The van der Waals surface area contributed by atoms with E-state index in [2.05, 4.69) is 4.72 Å². The third kappa shape index (κ3) is 8.79. The van der Waals surface area contributed by atoms with E-state index in [0.29, 0.717) is 13.0 Å². The molecule has 0 aromatic carbocycles. The van der Waals surface area contributed by atoms with Gasteiger partial charge in [-0.25, -0.2) is 21.6 Å². The molecule has 0 bridgehead atoms. The van der Waals surface area contributed by atoms with Crippen molar-refractivity contribution in [1.82, 2.24) is 4.72 Å². The normalized spacial score (nSPS) is 15.1. The molecule has 1 unspecified atom stereocenters. The average Bonchev–Trinajstić information content (AvgIpc) is 1.95. The van der Waals surface area contributed by atoms with Gasteiger partial charge in [-0.3, -0.25) is 0 Å². The summed E-state index contributed by atoms with van der Waals surface area (Å²) >= 11 is 0. The van der Waals surface area contributed by atoms with Crippen molar-refractivity contribution in [1.29, 1.82) is 0 Å². The fraction of sp³-hybridized carbons (Fsp3) is 1.00. The first-order chi connectivity index (χ1) is 6.66. The van der Waals surface area contributed by atoms with E-state index in [4.69, 9.17) is 5.73 Å². The number of nitrogens with one attached hydrogen (secondary N) is 1. The van der Waals surface area contributed by atoms with Crippen LogP contribution in [-0.2, 0) is 19.9 Å². The Morgan fingerprint density at radius 2 is 1.80 bits per heavy atom. The Morgan fingerprint density at radius 1 is 1.27 bits per heavy atom. The third-order valence-corrected chi connectivity index (χ3v) is 4.24. The fourth-order valence-corrected chi connectivity index (χ4v) is 3.58. The molecule has 8 heteroatoms. The van der Waals surface area contributed by atoms with Gasteiger partial charge < -0.3 is 5.73 Å². The van der Waals surface area contributed by atoms with Gasteiger partial charge in [0.15, 0.2) is 0 Å². The Bertz CT molecular complexity index is 374. The van der Waals surface area contributed by atoms with Gasteiger partial charge in [-0.05, 0) is 19.9 Å². The van der Waals surface area contributed by atoms with E-state index >= 15 is 0 Å². The molecular formula is C7H18N2O4S2. The van der Waals surface area contributed by atoms with Gasteiger partial charge in [0.1, 0.15) is 9.84 Å². The maximum absolute atomic E-state index is 11.3. The van der Waals surface area contributed by atoms with Gasteiger partial charge in [0.2, 0.25) is 10.0 Å². The van der Waals surface area contributed by atoms with E-state index in [0.717, 1.165) is 6.26 Å². The van der Waals surface area contributed by atoms with Crippen LogP contribution in [0.1, 0.15) is 13.3 Å². The average molecular weight is 258 g/mol. The predicted octanol–water partition coefficient (Wildman–Crippen LogP) is -1.31. The van der Waals surface area contributed by atoms with Gasteiger partial charge in [0.05, 0.1) is 11.5 Å². The van der Waals surface area contributed by atoms with Crippen molar-refractivity contribution >= 4 is 19.9 Å². The van der Waals surface area contributed by atoms with Crippen molar-refractivity contribution in [3.05, 3.63) is 0 Å². The number of hydrogen-bond acceptors (Lipinski definition) is 5. The number of hydrogen-bond donors (Lipinski definition) is 2. The summed E-state index contributed by atoms with van der Waals surface area (Å²) in [6.45, 7) is 1.81. The molecule has 92 valence electrons. The minimum Gasteiger partial charge on any atom is -0.330 e. The predicted molar refractivity (Wildman–Crippen MR) is 59.8 cm³/mol. The molecule has 0 rings (SSSR count). The van der Waals surface area contributed by atoms with Crippen LogP contribution in [-0.4, -0.2) is 47.2 Å². The van der Waals surface area contributed by atoms with E-state index in [1.165, 1.54) is 6.92 Å². The monoisotopic (exact) mass is 258 g/mol. The fourth-order valence-electron chi connectivity index (χ4n) is 1.13. The summed E-state index contributed by atoms with van der Waals surface area (Å²) in [4.78, 5) is 0. The highest BCUT2D eigenvalue weighted by atomic mass is 32.2. The molecule has 0 fully saturated rings.